The second-order valence-electron chi connectivity index (χ2n) is 7.74. The smallest absolute Gasteiger partial charge is 0.291 e. The molecule has 8 heteroatoms. The first-order valence-electron chi connectivity index (χ1n) is 11.0. The predicted molar refractivity (Wildman–Crippen MR) is 131 cm³/mol. The largest absolute Gasteiger partial charge is 0.494 e. The first kappa shape index (κ1) is 23.4. The van der Waals surface area contributed by atoms with Gasteiger partial charge in [0.1, 0.15) is 23.9 Å². The first-order valence-corrected chi connectivity index (χ1v) is 11.3. The van der Waals surface area contributed by atoms with E-state index in [-0.39, 0.29) is 18.3 Å². The third kappa shape index (κ3) is 5.61. The number of ether oxygens (including phenoxy) is 2. The maximum atomic E-state index is 12.8. The molecule has 0 radical (unpaired) electrons. The van der Waals surface area contributed by atoms with Crippen molar-refractivity contribution >= 4 is 23.2 Å². The number of carbonyl (C=O) groups is 1. The molecule has 0 spiro atoms. The molecule has 0 aliphatic rings. The van der Waals surface area contributed by atoms with Gasteiger partial charge in [0.05, 0.1) is 30.2 Å². The van der Waals surface area contributed by atoms with E-state index < -0.39 is 0 Å². The van der Waals surface area contributed by atoms with Crippen LogP contribution in [0, 0.1) is 13.8 Å². The van der Waals surface area contributed by atoms with Gasteiger partial charge in [0.2, 0.25) is 0 Å². The number of rotatable bonds is 9. The number of carbonyl (C=O) groups excluding carboxylic acids is 1. The predicted octanol–water partition coefficient (Wildman–Crippen LogP) is 6.02. The molecule has 0 fully saturated rings. The molecule has 1 N–H and O–H groups in total. The topological polar surface area (TPSA) is 78.5 Å². The lowest BCUT2D eigenvalue weighted by Crippen LogP contribution is -2.12. The Morgan fingerprint density at radius 2 is 1.68 bits per heavy atom. The van der Waals surface area contributed by atoms with E-state index in [4.69, 9.17) is 25.5 Å². The number of nitrogens with zero attached hydrogens (tertiary/aromatic N) is 2. The molecule has 34 heavy (non-hydrogen) atoms. The van der Waals surface area contributed by atoms with Crippen LogP contribution >= 0.6 is 11.6 Å². The summed E-state index contributed by atoms with van der Waals surface area (Å²) in [7, 11) is 0. The van der Waals surface area contributed by atoms with E-state index in [9.17, 15) is 4.79 Å². The highest BCUT2D eigenvalue weighted by molar-refractivity contribution is 6.30. The molecule has 0 aliphatic heterocycles. The Labute approximate surface area is 203 Å². The summed E-state index contributed by atoms with van der Waals surface area (Å²) in [5, 5.41) is 8.18. The molecule has 7 nitrogen and oxygen atoms in total. The lowest BCUT2D eigenvalue weighted by molar-refractivity contribution is 0.0992. The molecule has 2 aromatic carbocycles. The third-order valence-corrected chi connectivity index (χ3v) is 5.52. The fraction of sp³-hybridized carbons (Fsp3) is 0.231. The highest BCUT2D eigenvalue weighted by Gasteiger charge is 2.18. The van der Waals surface area contributed by atoms with Crippen LogP contribution in [0.5, 0.6) is 11.5 Å². The monoisotopic (exact) mass is 479 g/mol. The number of halogens is 1. The Hall–Kier alpha value is -3.71. The summed E-state index contributed by atoms with van der Waals surface area (Å²) in [4.78, 5) is 12.8. The molecular formula is C26H26ClN3O4. The summed E-state index contributed by atoms with van der Waals surface area (Å²) in [6.07, 6.45) is 0. The quantitative estimate of drug-likeness (QED) is 0.317. The number of hydrogen-bond donors (Lipinski definition) is 1. The van der Waals surface area contributed by atoms with Crippen molar-refractivity contribution in [1.29, 1.82) is 0 Å². The van der Waals surface area contributed by atoms with Crippen molar-refractivity contribution in [3.05, 3.63) is 94.2 Å². The van der Waals surface area contributed by atoms with Crippen LogP contribution in [-0.2, 0) is 13.2 Å². The normalized spacial score (nSPS) is 10.8. The maximum Gasteiger partial charge on any atom is 0.291 e. The van der Waals surface area contributed by atoms with E-state index in [1.54, 1.807) is 12.1 Å². The molecule has 2 heterocycles. The second-order valence-corrected chi connectivity index (χ2v) is 8.18. The van der Waals surface area contributed by atoms with Crippen molar-refractivity contribution in [1.82, 2.24) is 9.78 Å². The number of nitrogens with one attached hydrogen (secondary N) is 1. The molecule has 4 aromatic rings. The molecular weight excluding hydrogens is 454 g/mol. The van der Waals surface area contributed by atoms with E-state index in [1.807, 2.05) is 74.0 Å². The fourth-order valence-corrected chi connectivity index (χ4v) is 3.63. The maximum absolute atomic E-state index is 12.8. The number of hydrogen-bond acceptors (Lipinski definition) is 5. The van der Waals surface area contributed by atoms with Gasteiger partial charge < -0.3 is 19.2 Å². The van der Waals surface area contributed by atoms with Gasteiger partial charge in [-0.15, -0.1) is 0 Å². The number of aryl methyl sites for hydroxylation is 1. The van der Waals surface area contributed by atoms with E-state index in [2.05, 4.69) is 10.4 Å². The first-order chi connectivity index (χ1) is 16.4. The van der Waals surface area contributed by atoms with Crippen LogP contribution in [0.3, 0.4) is 0 Å². The van der Waals surface area contributed by atoms with Gasteiger partial charge in [0.25, 0.3) is 5.91 Å². The highest BCUT2D eigenvalue weighted by Crippen LogP contribution is 2.23. The lowest BCUT2D eigenvalue weighted by Gasteiger charge is -2.07. The Balaban J connectivity index is 1.37. The molecule has 176 valence electrons. The van der Waals surface area contributed by atoms with Crippen LogP contribution < -0.4 is 14.8 Å². The Bertz CT molecular complexity index is 1260. The molecule has 0 bridgehead atoms. The van der Waals surface area contributed by atoms with Crippen molar-refractivity contribution in [2.45, 2.75) is 33.9 Å². The van der Waals surface area contributed by atoms with Gasteiger partial charge in [-0.25, -0.2) is 0 Å². The van der Waals surface area contributed by atoms with Crippen molar-refractivity contribution < 1.29 is 18.7 Å². The summed E-state index contributed by atoms with van der Waals surface area (Å²) in [6.45, 7) is 7.11. The highest BCUT2D eigenvalue weighted by atomic mass is 35.5. The standard InChI is InChI=1S/C26H26ClN3O4/c1-4-32-21-9-11-22(12-10-21)33-16-23-13-14-24(34-23)26(31)28-25-17(2)29-30(18(25)3)15-19-5-7-20(27)8-6-19/h5-14H,4,15-16H2,1-3H3,(H,28,31). The minimum atomic E-state index is -0.343. The molecule has 0 atom stereocenters. The van der Waals surface area contributed by atoms with Gasteiger partial charge in [-0.05, 0) is 74.9 Å². The molecule has 2 aromatic heterocycles. The molecule has 0 aliphatic carbocycles. The number of benzene rings is 2. The Morgan fingerprint density at radius 3 is 2.35 bits per heavy atom. The van der Waals surface area contributed by atoms with E-state index in [0.29, 0.717) is 35.4 Å². The summed E-state index contributed by atoms with van der Waals surface area (Å²) in [5.41, 5.74) is 3.32. The van der Waals surface area contributed by atoms with Gasteiger partial charge in [-0.1, -0.05) is 23.7 Å². The van der Waals surface area contributed by atoms with Gasteiger partial charge in [0.15, 0.2) is 5.76 Å². The Kier molecular flexibility index (Phi) is 7.23. The molecule has 4 rings (SSSR count). The van der Waals surface area contributed by atoms with Crippen LogP contribution in [0.4, 0.5) is 5.69 Å². The van der Waals surface area contributed by atoms with Crippen LogP contribution in [-0.4, -0.2) is 22.3 Å². The van der Waals surface area contributed by atoms with Crippen molar-refractivity contribution in [2.75, 3.05) is 11.9 Å². The van der Waals surface area contributed by atoms with E-state index in [1.165, 1.54) is 0 Å². The van der Waals surface area contributed by atoms with Crippen LogP contribution in [0.1, 0.15) is 40.2 Å². The molecule has 0 unspecified atom stereocenters. The number of anilines is 1. The fourth-order valence-electron chi connectivity index (χ4n) is 3.50. The van der Waals surface area contributed by atoms with Gasteiger partial charge in [-0.3, -0.25) is 9.48 Å². The van der Waals surface area contributed by atoms with E-state index >= 15 is 0 Å². The van der Waals surface area contributed by atoms with E-state index in [0.717, 1.165) is 22.7 Å². The van der Waals surface area contributed by atoms with Crippen molar-refractivity contribution in [3.8, 4) is 11.5 Å². The van der Waals surface area contributed by atoms with Crippen molar-refractivity contribution in [3.63, 3.8) is 0 Å². The number of amides is 1. The summed E-state index contributed by atoms with van der Waals surface area (Å²) in [5.74, 6) is 1.88. The average molecular weight is 480 g/mol. The third-order valence-electron chi connectivity index (χ3n) is 5.27. The second kappa shape index (κ2) is 10.5. The summed E-state index contributed by atoms with van der Waals surface area (Å²) < 4.78 is 18.7. The Morgan fingerprint density at radius 1 is 1.00 bits per heavy atom. The zero-order valence-electron chi connectivity index (χ0n) is 19.3. The van der Waals surface area contributed by atoms with Gasteiger partial charge in [-0.2, -0.15) is 5.10 Å². The average Bonchev–Trinajstić information content (AvgIpc) is 3.41. The zero-order chi connectivity index (χ0) is 24.1. The van der Waals surface area contributed by atoms with Crippen LogP contribution in [0.15, 0.2) is 65.1 Å². The van der Waals surface area contributed by atoms with Crippen molar-refractivity contribution in [2.24, 2.45) is 0 Å². The molecule has 1 amide bonds. The number of furan rings is 1. The van der Waals surface area contributed by atoms with Gasteiger partial charge in [0, 0.05) is 5.02 Å². The minimum Gasteiger partial charge on any atom is -0.494 e. The van der Waals surface area contributed by atoms with Crippen LogP contribution in [0.25, 0.3) is 0 Å². The minimum absolute atomic E-state index is 0.203. The van der Waals surface area contributed by atoms with Gasteiger partial charge >= 0.3 is 0 Å². The summed E-state index contributed by atoms with van der Waals surface area (Å²) >= 11 is 5.97. The molecule has 0 saturated heterocycles. The van der Waals surface area contributed by atoms with Crippen LogP contribution in [0.2, 0.25) is 5.02 Å². The number of aromatic nitrogens is 2. The summed E-state index contributed by atoms with van der Waals surface area (Å²) in [6, 6.07) is 18.3. The lowest BCUT2D eigenvalue weighted by atomic mass is 10.2. The molecule has 0 saturated carbocycles. The SMILES string of the molecule is CCOc1ccc(OCc2ccc(C(=O)Nc3c(C)nn(Cc4ccc(Cl)cc4)c3C)o2)cc1. The zero-order valence-corrected chi connectivity index (χ0v) is 20.1.